The number of hydrogen-bond donors (Lipinski definition) is 1. The van der Waals surface area contributed by atoms with Gasteiger partial charge in [-0.15, -0.1) is 0 Å². The van der Waals surface area contributed by atoms with Crippen molar-refractivity contribution in [2.45, 2.75) is 18.4 Å². The van der Waals surface area contributed by atoms with Crippen molar-refractivity contribution in [2.75, 3.05) is 26.7 Å². The molecule has 2 nitrogen and oxygen atoms in total. The van der Waals surface area contributed by atoms with E-state index in [1.165, 1.54) is 32.5 Å². The highest BCUT2D eigenvalue weighted by molar-refractivity contribution is 5.02. The predicted octanol–water partition coefficient (Wildman–Crippen LogP) is 0.0540. The van der Waals surface area contributed by atoms with Crippen LogP contribution in [0.25, 0.3) is 0 Å². The van der Waals surface area contributed by atoms with E-state index in [-0.39, 0.29) is 0 Å². The van der Waals surface area contributed by atoms with Gasteiger partial charge in [-0.2, -0.15) is 0 Å². The summed E-state index contributed by atoms with van der Waals surface area (Å²) in [5.74, 6) is 0. The van der Waals surface area contributed by atoms with Crippen LogP contribution < -0.4 is 5.32 Å². The highest BCUT2D eigenvalue weighted by atomic mass is 15.2. The molecule has 1 N–H and O–H groups in total. The minimum atomic E-state index is 0.528. The summed E-state index contributed by atoms with van der Waals surface area (Å²) >= 11 is 0. The smallest absolute Gasteiger partial charge is 0.0330 e. The molecule has 0 atom stereocenters. The van der Waals surface area contributed by atoms with Gasteiger partial charge in [0.05, 0.1) is 0 Å². The first-order valence-electron chi connectivity index (χ1n) is 3.76. The molecule has 2 bridgehead atoms. The number of nitrogens with one attached hydrogen (secondary N) is 1. The fourth-order valence-corrected chi connectivity index (χ4v) is 2.05. The molecule has 2 rings (SSSR count). The highest BCUT2D eigenvalue weighted by Crippen LogP contribution is 2.31. The molecule has 0 aliphatic carbocycles. The van der Waals surface area contributed by atoms with Gasteiger partial charge in [0.15, 0.2) is 0 Å². The van der Waals surface area contributed by atoms with E-state index in [1.54, 1.807) is 0 Å². The van der Waals surface area contributed by atoms with Crippen LogP contribution in [-0.4, -0.2) is 37.1 Å². The predicted molar refractivity (Wildman–Crippen MR) is 37.5 cm³/mol. The molecular formula is C7H14N2. The summed E-state index contributed by atoms with van der Waals surface area (Å²) in [7, 11) is 2.09. The van der Waals surface area contributed by atoms with Crippen molar-refractivity contribution in [3.8, 4) is 0 Å². The van der Waals surface area contributed by atoms with E-state index in [0.29, 0.717) is 5.54 Å². The highest BCUT2D eigenvalue weighted by Gasteiger charge is 2.41. The number of nitrogens with zero attached hydrogens (tertiary/aromatic N) is 1. The summed E-state index contributed by atoms with van der Waals surface area (Å²) in [6, 6.07) is 0. The number of piperidine rings is 1. The standard InChI is InChI=1S/C7H14N2/c1-8-7-2-4-9(6-7)5-3-7/h8H,2-6H2,1H3. The number of hydrogen-bond acceptors (Lipinski definition) is 2. The normalized spacial score (nSPS) is 48.3. The van der Waals surface area contributed by atoms with Crippen LogP contribution in [0.5, 0.6) is 0 Å². The molecule has 0 aromatic rings. The lowest BCUT2D eigenvalue weighted by Gasteiger charge is -2.23. The molecule has 2 aliphatic rings. The number of fused-ring (bicyclic) bond motifs is 2. The van der Waals surface area contributed by atoms with E-state index >= 15 is 0 Å². The minimum absolute atomic E-state index is 0.528. The molecule has 0 aromatic carbocycles. The van der Waals surface area contributed by atoms with Crippen LogP contribution in [0.2, 0.25) is 0 Å². The number of likely N-dealkylation sites (N-methyl/N-ethyl adjacent to an activating group) is 1. The lowest BCUT2D eigenvalue weighted by molar-refractivity contribution is 0.352. The zero-order valence-corrected chi connectivity index (χ0v) is 5.98. The van der Waals surface area contributed by atoms with E-state index in [2.05, 4.69) is 17.3 Å². The van der Waals surface area contributed by atoms with E-state index < -0.39 is 0 Å². The van der Waals surface area contributed by atoms with Crippen LogP contribution in [0.3, 0.4) is 0 Å². The van der Waals surface area contributed by atoms with E-state index in [9.17, 15) is 0 Å². The second-order valence-electron chi connectivity index (χ2n) is 3.31. The van der Waals surface area contributed by atoms with Crippen molar-refractivity contribution in [3.05, 3.63) is 0 Å². The molecule has 9 heavy (non-hydrogen) atoms. The van der Waals surface area contributed by atoms with E-state index in [4.69, 9.17) is 0 Å². The first kappa shape index (κ1) is 5.69. The van der Waals surface area contributed by atoms with Gasteiger partial charge in [0, 0.05) is 25.2 Å². The molecule has 2 saturated heterocycles. The molecule has 0 saturated carbocycles. The fraction of sp³-hybridized carbons (Fsp3) is 1.00. The minimum Gasteiger partial charge on any atom is -0.313 e. The van der Waals surface area contributed by atoms with Gasteiger partial charge in [-0.3, -0.25) is 0 Å². The molecule has 0 aromatic heterocycles. The topological polar surface area (TPSA) is 15.3 Å². The maximum atomic E-state index is 3.43. The average Bonchev–Trinajstić information content (AvgIpc) is 2.46. The van der Waals surface area contributed by atoms with Gasteiger partial charge in [0.2, 0.25) is 0 Å². The third-order valence-electron chi connectivity index (χ3n) is 2.87. The Bertz CT molecular complexity index is 114. The zero-order chi connectivity index (χ0) is 6.32. The van der Waals surface area contributed by atoms with Crippen molar-refractivity contribution in [1.29, 1.82) is 0 Å². The Hall–Kier alpha value is -0.0800. The largest absolute Gasteiger partial charge is 0.313 e. The second-order valence-corrected chi connectivity index (χ2v) is 3.31. The zero-order valence-electron chi connectivity index (χ0n) is 5.98. The van der Waals surface area contributed by atoms with E-state index in [1.807, 2.05) is 0 Å². The van der Waals surface area contributed by atoms with Gasteiger partial charge in [-0.25, -0.2) is 0 Å². The molecule has 2 fully saturated rings. The van der Waals surface area contributed by atoms with Crippen LogP contribution in [0, 0.1) is 0 Å². The van der Waals surface area contributed by atoms with Gasteiger partial charge in [0.25, 0.3) is 0 Å². The van der Waals surface area contributed by atoms with Crippen molar-refractivity contribution < 1.29 is 0 Å². The molecule has 0 unspecified atom stereocenters. The Balaban J connectivity index is 2.13. The number of rotatable bonds is 1. The Labute approximate surface area is 56.2 Å². The summed E-state index contributed by atoms with van der Waals surface area (Å²) in [5, 5.41) is 3.43. The fourth-order valence-electron chi connectivity index (χ4n) is 2.05. The summed E-state index contributed by atoms with van der Waals surface area (Å²) in [5.41, 5.74) is 0.528. The Morgan fingerprint density at radius 2 is 2.00 bits per heavy atom. The molecule has 0 spiro atoms. The molecule has 2 aliphatic heterocycles. The molecule has 0 amide bonds. The third kappa shape index (κ3) is 0.700. The van der Waals surface area contributed by atoms with Crippen molar-refractivity contribution in [3.63, 3.8) is 0 Å². The van der Waals surface area contributed by atoms with Crippen LogP contribution in [0.15, 0.2) is 0 Å². The lowest BCUT2D eigenvalue weighted by atomic mass is 9.96. The first-order chi connectivity index (χ1) is 4.35. The maximum absolute atomic E-state index is 3.43. The van der Waals surface area contributed by atoms with Crippen LogP contribution in [-0.2, 0) is 0 Å². The lowest BCUT2D eigenvalue weighted by Crippen LogP contribution is -2.41. The SMILES string of the molecule is CNC12CCN(CC1)C2. The summed E-state index contributed by atoms with van der Waals surface area (Å²) in [4.78, 5) is 2.54. The van der Waals surface area contributed by atoms with Crippen LogP contribution in [0.4, 0.5) is 0 Å². The molecule has 2 heteroatoms. The van der Waals surface area contributed by atoms with Crippen molar-refractivity contribution >= 4 is 0 Å². The Morgan fingerprint density at radius 1 is 1.33 bits per heavy atom. The Kier molecular flexibility index (Phi) is 1.08. The Morgan fingerprint density at radius 3 is 2.22 bits per heavy atom. The third-order valence-corrected chi connectivity index (χ3v) is 2.87. The maximum Gasteiger partial charge on any atom is 0.0330 e. The second kappa shape index (κ2) is 1.70. The van der Waals surface area contributed by atoms with Crippen molar-refractivity contribution in [2.24, 2.45) is 0 Å². The van der Waals surface area contributed by atoms with Crippen molar-refractivity contribution in [1.82, 2.24) is 10.2 Å². The van der Waals surface area contributed by atoms with Gasteiger partial charge < -0.3 is 10.2 Å². The molecular weight excluding hydrogens is 112 g/mol. The van der Waals surface area contributed by atoms with Gasteiger partial charge in [-0.1, -0.05) is 0 Å². The average molecular weight is 126 g/mol. The summed E-state index contributed by atoms with van der Waals surface area (Å²) < 4.78 is 0. The molecule has 2 heterocycles. The summed E-state index contributed by atoms with van der Waals surface area (Å²) in [6.07, 6.45) is 2.73. The first-order valence-corrected chi connectivity index (χ1v) is 3.76. The van der Waals surface area contributed by atoms with E-state index in [0.717, 1.165) is 0 Å². The van der Waals surface area contributed by atoms with Gasteiger partial charge in [0.1, 0.15) is 0 Å². The van der Waals surface area contributed by atoms with Crippen LogP contribution in [0.1, 0.15) is 12.8 Å². The quantitative estimate of drug-likeness (QED) is 0.534. The summed E-state index contributed by atoms with van der Waals surface area (Å²) in [6.45, 7) is 3.94. The van der Waals surface area contributed by atoms with Gasteiger partial charge in [-0.05, 0) is 19.9 Å². The van der Waals surface area contributed by atoms with Gasteiger partial charge >= 0.3 is 0 Å². The van der Waals surface area contributed by atoms with Crippen LogP contribution >= 0.6 is 0 Å². The monoisotopic (exact) mass is 126 g/mol. The molecule has 0 radical (unpaired) electrons. The molecule has 52 valence electrons.